The Morgan fingerprint density at radius 3 is 2.61 bits per heavy atom. The van der Waals surface area contributed by atoms with Gasteiger partial charge in [-0.1, -0.05) is 13.8 Å². The summed E-state index contributed by atoms with van der Waals surface area (Å²) in [7, 11) is 0. The third-order valence-corrected chi connectivity index (χ3v) is 2.79. The summed E-state index contributed by atoms with van der Waals surface area (Å²) in [4.78, 5) is 11.5. The molecule has 4 heteroatoms. The standard InChI is InChI=1S/C14H15FN2O/c1-9(2)13-6-7-17(16-13)14-5-4-11(15)8-12(14)10(3)18/h4-9H,1-3H3. The normalized spacial score (nSPS) is 10.9. The number of Topliss-reactive ketones (excluding diaryl/α,β-unsaturated/α-hetero) is 1. The highest BCUT2D eigenvalue weighted by Crippen LogP contribution is 2.19. The van der Waals surface area contributed by atoms with Gasteiger partial charge in [0.25, 0.3) is 0 Å². The van der Waals surface area contributed by atoms with Crippen molar-refractivity contribution >= 4 is 5.78 Å². The van der Waals surface area contributed by atoms with Gasteiger partial charge in [-0.05, 0) is 37.1 Å². The zero-order chi connectivity index (χ0) is 13.3. The number of nitrogens with zero attached hydrogens (tertiary/aromatic N) is 2. The Labute approximate surface area is 105 Å². The van der Waals surface area contributed by atoms with Gasteiger partial charge in [-0.15, -0.1) is 0 Å². The molecular formula is C14H15FN2O. The van der Waals surface area contributed by atoms with Crippen molar-refractivity contribution in [3.63, 3.8) is 0 Å². The van der Waals surface area contributed by atoms with Gasteiger partial charge in [0.05, 0.1) is 11.4 Å². The molecule has 0 aliphatic rings. The number of hydrogen-bond donors (Lipinski definition) is 0. The SMILES string of the molecule is CC(=O)c1cc(F)ccc1-n1ccc(C(C)C)n1. The van der Waals surface area contributed by atoms with E-state index in [0.29, 0.717) is 17.2 Å². The van der Waals surface area contributed by atoms with Crippen molar-refractivity contribution < 1.29 is 9.18 Å². The van der Waals surface area contributed by atoms with E-state index in [1.54, 1.807) is 16.9 Å². The van der Waals surface area contributed by atoms with Crippen molar-refractivity contribution in [3.8, 4) is 5.69 Å². The first-order valence-corrected chi connectivity index (χ1v) is 5.85. The summed E-state index contributed by atoms with van der Waals surface area (Å²) in [6.07, 6.45) is 1.79. The van der Waals surface area contributed by atoms with Crippen molar-refractivity contribution in [2.75, 3.05) is 0 Å². The van der Waals surface area contributed by atoms with Gasteiger partial charge in [-0.25, -0.2) is 9.07 Å². The number of benzene rings is 1. The average Bonchev–Trinajstić information content (AvgIpc) is 2.78. The second-order valence-corrected chi connectivity index (χ2v) is 4.56. The Balaban J connectivity index is 2.52. The predicted molar refractivity (Wildman–Crippen MR) is 67.6 cm³/mol. The maximum atomic E-state index is 13.2. The molecule has 0 N–H and O–H groups in total. The molecular weight excluding hydrogens is 231 g/mol. The van der Waals surface area contributed by atoms with Gasteiger partial charge < -0.3 is 0 Å². The lowest BCUT2D eigenvalue weighted by atomic mass is 10.1. The smallest absolute Gasteiger partial charge is 0.162 e. The van der Waals surface area contributed by atoms with Crippen LogP contribution >= 0.6 is 0 Å². The molecule has 0 unspecified atom stereocenters. The van der Waals surface area contributed by atoms with E-state index in [0.717, 1.165) is 5.69 Å². The first-order valence-electron chi connectivity index (χ1n) is 5.85. The van der Waals surface area contributed by atoms with E-state index in [1.807, 2.05) is 19.9 Å². The Morgan fingerprint density at radius 2 is 2.06 bits per heavy atom. The number of carbonyl (C=O) groups is 1. The minimum Gasteiger partial charge on any atom is -0.294 e. The molecule has 0 atom stereocenters. The second kappa shape index (κ2) is 4.72. The fourth-order valence-corrected chi connectivity index (χ4v) is 1.77. The lowest BCUT2D eigenvalue weighted by Gasteiger charge is -2.07. The number of carbonyl (C=O) groups excluding carboxylic acids is 1. The molecule has 18 heavy (non-hydrogen) atoms. The Bertz CT molecular complexity index is 587. The molecule has 94 valence electrons. The lowest BCUT2D eigenvalue weighted by Crippen LogP contribution is -2.05. The summed E-state index contributed by atoms with van der Waals surface area (Å²) >= 11 is 0. The number of ketones is 1. The number of halogens is 1. The minimum atomic E-state index is -0.416. The van der Waals surface area contributed by atoms with Gasteiger partial charge >= 0.3 is 0 Å². The summed E-state index contributed by atoms with van der Waals surface area (Å²) < 4.78 is 14.8. The molecule has 2 aromatic rings. The van der Waals surface area contributed by atoms with Crippen LogP contribution in [0.1, 0.15) is 42.7 Å². The first kappa shape index (κ1) is 12.5. The lowest BCUT2D eigenvalue weighted by molar-refractivity contribution is 0.101. The fourth-order valence-electron chi connectivity index (χ4n) is 1.77. The number of aromatic nitrogens is 2. The number of rotatable bonds is 3. The molecule has 0 fully saturated rings. The van der Waals surface area contributed by atoms with Gasteiger partial charge in [-0.3, -0.25) is 4.79 Å². The topological polar surface area (TPSA) is 34.9 Å². The monoisotopic (exact) mass is 246 g/mol. The molecule has 0 aliphatic carbocycles. The van der Waals surface area contributed by atoms with E-state index in [9.17, 15) is 9.18 Å². The third kappa shape index (κ3) is 2.32. The molecule has 2 rings (SSSR count). The van der Waals surface area contributed by atoms with Crippen LogP contribution in [0.4, 0.5) is 4.39 Å². The van der Waals surface area contributed by atoms with Crippen LogP contribution in [0.3, 0.4) is 0 Å². The van der Waals surface area contributed by atoms with Crippen molar-refractivity contribution in [3.05, 3.63) is 47.5 Å². The van der Waals surface area contributed by atoms with Crippen LogP contribution in [-0.4, -0.2) is 15.6 Å². The molecule has 0 amide bonds. The van der Waals surface area contributed by atoms with Gasteiger partial charge in [0.1, 0.15) is 5.82 Å². The van der Waals surface area contributed by atoms with Gasteiger partial charge in [0.2, 0.25) is 0 Å². The largest absolute Gasteiger partial charge is 0.294 e. The zero-order valence-corrected chi connectivity index (χ0v) is 10.6. The van der Waals surface area contributed by atoms with Crippen molar-refractivity contribution in [2.24, 2.45) is 0 Å². The van der Waals surface area contributed by atoms with Gasteiger partial charge in [0.15, 0.2) is 5.78 Å². The van der Waals surface area contributed by atoms with E-state index < -0.39 is 5.82 Å². The summed E-state index contributed by atoms with van der Waals surface area (Å²) in [5, 5.41) is 4.39. The van der Waals surface area contributed by atoms with E-state index in [4.69, 9.17) is 0 Å². The van der Waals surface area contributed by atoms with Crippen molar-refractivity contribution in [2.45, 2.75) is 26.7 Å². The third-order valence-electron chi connectivity index (χ3n) is 2.79. The van der Waals surface area contributed by atoms with Crippen LogP contribution in [0, 0.1) is 5.82 Å². The Kier molecular flexibility index (Phi) is 3.28. The van der Waals surface area contributed by atoms with Crippen LogP contribution in [0.15, 0.2) is 30.5 Å². The highest BCUT2D eigenvalue weighted by Gasteiger charge is 2.12. The summed E-state index contributed by atoms with van der Waals surface area (Å²) in [6, 6.07) is 6.05. The fraction of sp³-hybridized carbons (Fsp3) is 0.286. The molecule has 0 radical (unpaired) electrons. The minimum absolute atomic E-state index is 0.175. The second-order valence-electron chi connectivity index (χ2n) is 4.56. The zero-order valence-electron chi connectivity index (χ0n) is 10.6. The summed E-state index contributed by atoms with van der Waals surface area (Å²) in [5.74, 6) is -0.279. The van der Waals surface area contributed by atoms with Crippen LogP contribution in [0.2, 0.25) is 0 Å². The van der Waals surface area contributed by atoms with Gasteiger partial charge in [0, 0.05) is 11.8 Å². The van der Waals surface area contributed by atoms with E-state index >= 15 is 0 Å². The molecule has 3 nitrogen and oxygen atoms in total. The summed E-state index contributed by atoms with van der Waals surface area (Å²) in [5.41, 5.74) is 1.89. The van der Waals surface area contributed by atoms with Crippen LogP contribution in [0.5, 0.6) is 0 Å². The number of hydrogen-bond acceptors (Lipinski definition) is 2. The van der Waals surface area contributed by atoms with E-state index in [-0.39, 0.29) is 5.78 Å². The van der Waals surface area contributed by atoms with Crippen LogP contribution in [0.25, 0.3) is 5.69 Å². The highest BCUT2D eigenvalue weighted by atomic mass is 19.1. The van der Waals surface area contributed by atoms with Crippen molar-refractivity contribution in [1.29, 1.82) is 0 Å². The molecule has 1 aromatic heterocycles. The first-order chi connectivity index (χ1) is 8.49. The summed E-state index contributed by atoms with van der Waals surface area (Å²) in [6.45, 7) is 5.51. The Morgan fingerprint density at radius 1 is 1.33 bits per heavy atom. The molecule has 0 saturated carbocycles. The molecule has 1 heterocycles. The molecule has 0 bridgehead atoms. The maximum absolute atomic E-state index is 13.2. The average molecular weight is 246 g/mol. The van der Waals surface area contributed by atoms with E-state index in [1.165, 1.54) is 19.1 Å². The van der Waals surface area contributed by atoms with Crippen LogP contribution < -0.4 is 0 Å². The quantitative estimate of drug-likeness (QED) is 0.778. The Hall–Kier alpha value is -1.97. The predicted octanol–water partition coefficient (Wildman–Crippen LogP) is 3.34. The molecule has 1 aromatic carbocycles. The van der Waals surface area contributed by atoms with Gasteiger partial charge in [-0.2, -0.15) is 5.10 Å². The molecule has 0 spiro atoms. The van der Waals surface area contributed by atoms with Crippen molar-refractivity contribution in [1.82, 2.24) is 9.78 Å². The highest BCUT2D eigenvalue weighted by molar-refractivity contribution is 5.97. The van der Waals surface area contributed by atoms with E-state index in [2.05, 4.69) is 5.10 Å². The maximum Gasteiger partial charge on any atom is 0.162 e. The van der Waals surface area contributed by atoms with Crippen LogP contribution in [-0.2, 0) is 0 Å². The molecule has 0 saturated heterocycles. The molecule has 0 aliphatic heterocycles.